The molecule has 0 amide bonds. The Bertz CT molecular complexity index is 756. The second kappa shape index (κ2) is 6.89. The molecule has 2 heterocycles. The smallest absolute Gasteiger partial charge is 0.210 e. The zero-order valence-electron chi connectivity index (χ0n) is 12.4. The van der Waals surface area contributed by atoms with Crippen molar-refractivity contribution in [2.24, 2.45) is 0 Å². The Hall–Kier alpha value is -1.92. The predicted octanol–water partition coefficient (Wildman–Crippen LogP) is 4.59. The van der Waals surface area contributed by atoms with E-state index in [2.05, 4.69) is 46.5 Å². The quantitative estimate of drug-likeness (QED) is 0.694. The summed E-state index contributed by atoms with van der Waals surface area (Å²) in [6.45, 7) is 4.21. The molecule has 6 heteroatoms. The summed E-state index contributed by atoms with van der Waals surface area (Å²) in [4.78, 5) is 4.31. The Morgan fingerprint density at radius 2 is 2.00 bits per heavy atom. The third-order valence-corrected chi connectivity index (χ3v) is 5.33. The fourth-order valence-electron chi connectivity index (χ4n) is 1.94. The van der Waals surface area contributed by atoms with E-state index in [0.717, 1.165) is 26.6 Å². The van der Waals surface area contributed by atoms with Gasteiger partial charge in [-0.3, -0.25) is 4.98 Å². The first-order valence-corrected chi connectivity index (χ1v) is 8.72. The van der Waals surface area contributed by atoms with E-state index in [1.165, 1.54) is 11.1 Å². The van der Waals surface area contributed by atoms with Gasteiger partial charge in [0.2, 0.25) is 5.13 Å². The number of rotatable bonds is 5. The lowest BCUT2D eigenvalue weighted by Crippen LogP contribution is -1.94. The van der Waals surface area contributed by atoms with Gasteiger partial charge < -0.3 is 5.32 Å². The van der Waals surface area contributed by atoms with E-state index in [1.54, 1.807) is 23.1 Å². The van der Waals surface area contributed by atoms with Crippen LogP contribution in [0.25, 0.3) is 0 Å². The van der Waals surface area contributed by atoms with Crippen molar-refractivity contribution in [3.05, 3.63) is 59.4 Å². The van der Waals surface area contributed by atoms with Crippen molar-refractivity contribution in [1.82, 2.24) is 15.2 Å². The highest BCUT2D eigenvalue weighted by molar-refractivity contribution is 8.00. The van der Waals surface area contributed by atoms with Gasteiger partial charge in [-0.05, 0) is 43.2 Å². The number of nitrogens with one attached hydrogen (secondary N) is 1. The van der Waals surface area contributed by atoms with Crippen LogP contribution in [0.5, 0.6) is 0 Å². The Labute approximate surface area is 138 Å². The number of anilines is 2. The lowest BCUT2D eigenvalue weighted by atomic mass is 10.1. The van der Waals surface area contributed by atoms with E-state index in [1.807, 2.05) is 30.5 Å². The molecule has 0 saturated carbocycles. The molecule has 2 aromatic heterocycles. The molecular weight excluding hydrogens is 312 g/mol. The highest BCUT2D eigenvalue weighted by atomic mass is 32.2. The minimum absolute atomic E-state index is 0.805. The lowest BCUT2D eigenvalue weighted by molar-refractivity contribution is 1.01. The fourth-order valence-corrected chi connectivity index (χ4v) is 3.62. The van der Waals surface area contributed by atoms with Crippen molar-refractivity contribution in [3.8, 4) is 0 Å². The van der Waals surface area contributed by atoms with E-state index < -0.39 is 0 Å². The Morgan fingerprint density at radius 3 is 2.82 bits per heavy atom. The van der Waals surface area contributed by atoms with Gasteiger partial charge in [0.05, 0.1) is 5.69 Å². The normalized spacial score (nSPS) is 10.6. The number of hydrogen-bond acceptors (Lipinski definition) is 6. The third-order valence-electron chi connectivity index (χ3n) is 3.32. The average molecular weight is 328 g/mol. The Balaban J connectivity index is 1.65. The topological polar surface area (TPSA) is 50.7 Å². The molecule has 3 rings (SSSR count). The fraction of sp³-hybridized carbons (Fsp3) is 0.188. The van der Waals surface area contributed by atoms with Gasteiger partial charge in [-0.25, -0.2) is 0 Å². The van der Waals surface area contributed by atoms with Crippen molar-refractivity contribution in [1.29, 1.82) is 0 Å². The van der Waals surface area contributed by atoms with Gasteiger partial charge in [-0.1, -0.05) is 41.3 Å². The molecule has 3 aromatic rings. The van der Waals surface area contributed by atoms with E-state index in [9.17, 15) is 0 Å². The van der Waals surface area contributed by atoms with Crippen LogP contribution in [0.3, 0.4) is 0 Å². The molecule has 4 nitrogen and oxygen atoms in total. The molecular formula is C16H16N4S2. The Kier molecular flexibility index (Phi) is 4.70. The summed E-state index contributed by atoms with van der Waals surface area (Å²) >= 11 is 3.22. The van der Waals surface area contributed by atoms with E-state index >= 15 is 0 Å². The monoisotopic (exact) mass is 328 g/mol. The molecule has 22 heavy (non-hydrogen) atoms. The molecule has 0 aliphatic heterocycles. The summed E-state index contributed by atoms with van der Waals surface area (Å²) in [5.74, 6) is 0.805. The van der Waals surface area contributed by atoms with Crippen LogP contribution in [0.15, 0.2) is 46.9 Å². The molecule has 0 aliphatic rings. The zero-order chi connectivity index (χ0) is 15.4. The van der Waals surface area contributed by atoms with Crippen LogP contribution in [-0.4, -0.2) is 15.2 Å². The van der Waals surface area contributed by atoms with Crippen molar-refractivity contribution in [3.63, 3.8) is 0 Å². The maximum atomic E-state index is 4.31. The highest BCUT2D eigenvalue weighted by Crippen LogP contribution is 2.30. The summed E-state index contributed by atoms with van der Waals surface area (Å²) in [5, 5.41) is 12.6. The van der Waals surface area contributed by atoms with Gasteiger partial charge in [0.25, 0.3) is 0 Å². The first kappa shape index (κ1) is 15.0. The van der Waals surface area contributed by atoms with Crippen LogP contribution in [0.1, 0.15) is 16.8 Å². The van der Waals surface area contributed by atoms with Gasteiger partial charge in [0, 0.05) is 17.6 Å². The van der Waals surface area contributed by atoms with Gasteiger partial charge in [-0.2, -0.15) is 0 Å². The first-order valence-electron chi connectivity index (χ1n) is 6.92. The molecule has 0 saturated heterocycles. The summed E-state index contributed by atoms with van der Waals surface area (Å²) in [6, 6.07) is 12.1. The third kappa shape index (κ3) is 3.64. The van der Waals surface area contributed by atoms with Crippen molar-refractivity contribution < 1.29 is 0 Å². The van der Waals surface area contributed by atoms with Crippen molar-refractivity contribution >= 4 is 33.9 Å². The second-order valence-electron chi connectivity index (χ2n) is 4.86. The predicted molar refractivity (Wildman–Crippen MR) is 92.9 cm³/mol. The molecule has 0 fully saturated rings. The molecule has 0 spiro atoms. The van der Waals surface area contributed by atoms with E-state index in [4.69, 9.17) is 0 Å². The number of nitrogens with zero attached hydrogens (tertiary/aromatic N) is 3. The molecule has 1 N–H and O–H groups in total. The molecule has 0 radical (unpaired) electrons. The summed E-state index contributed by atoms with van der Waals surface area (Å²) in [5.41, 5.74) is 4.63. The number of aromatic nitrogens is 3. The molecule has 0 bridgehead atoms. The lowest BCUT2D eigenvalue weighted by Gasteiger charge is -2.08. The average Bonchev–Trinajstić information content (AvgIpc) is 2.98. The van der Waals surface area contributed by atoms with Crippen LogP contribution < -0.4 is 5.32 Å². The number of thioether (sulfide) groups is 1. The standard InChI is InChI=1S/C16H16N4S2/c1-11-6-5-8-14(12(11)2)18-15-19-20-16(22-15)21-10-13-7-3-4-9-17-13/h3-9H,10H2,1-2H3,(H,18,19). The Morgan fingerprint density at radius 1 is 1.09 bits per heavy atom. The van der Waals surface area contributed by atoms with Gasteiger partial charge in [0.15, 0.2) is 4.34 Å². The largest absolute Gasteiger partial charge is 0.330 e. The van der Waals surface area contributed by atoms with Crippen molar-refractivity contribution in [2.45, 2.75) is 23.9 Å². The van der Waals surface area contributed by atoms with Gasteiger partial charge >= 0.3 is 0 Å². The molecule has 112 valence electrons. The zero-order valence-corrected chi connectivity index (χ0v) is 14.0. The molecule has 0 aliphatic carbocycles. The van der Waals surface area contributed by atoms with Crippen LogP contribution in [0.2, 0.25) is 0 Å². The molecule has 0 unspecified atom stereocenters. The summed E-state index contributed by atoms with van der Waals surface area (Å²) in [6.07, 6.45) is 1.81. The summed E-state index contributed by atoms with van der Waals surface area (Å²) < 4.78 is 0.943. The number of benzene rings is 1. The number of aryl methyl sites for hydroxylation is 1. The van der Waals surface area contributed by atoms with Gasteiger partial charge in [0.1, 0.15) is 0 Å². The SMILES string of the molecule is Cc1cccc(Nc2nnc(SCc3ccccn3)s2)c1C. The highest BCUT2D eigenvalue weighted by Gasteiger charge is 2.07. The van der Waals surface area contributed by atoms with Gasteiger partial charge in [-0.15, -0.1) is 10.2 Å². The second-order valence-corrected chi connectivity index (χ2v) is 7.06. The van der Waals surface area contributed by atoms with E-state index in [0.29, 0.717) is 0 Å². The van der Waals surface area contributed by atoms with Crippen molar-refractivity contribution in [2.75, 3.05) is 5.32 Å². The maximum absolute atomic E-state index is 4.31. The number of pyridine rings is 1. The number of hydrogen-bond donors (Lipinski definition) is 1. The van der Waals surface area contributed by atoms with E-state index in [-0.39, 0.29) is 0 Å². The van der Waals surface area contributed by atoms with Crippen LogP contribution >= 0.6 is 23.1 Å². The molecule has 0 atom stereocenters. The maximum Gasteiger partial charge on any atom is 0.210 e. The molecule has 1 aromatic carbocycles. The van der Waals surface area contributed by atoms with Crippen LogP contribution in [0.4, 0.5) is 10.8 Å². The van der Waals surface area contributed by atoms with Crippen LogP contribution in [0, 0.1) is 13.8 Å². The summed E-state index contributed by atoms with van der Waals surface area (Å²) in [7, 11) is 0. The first-order chi connectivity index (χ1) is 10.7. The van der Waals surface area contributed by atoms with Crippen LogP contribution in [-0.2, 0) is 5.75 Å². The minimum Gasteiger partial charge on any atom is -0.330 e. The minimum atomic E-state index is 0.805.